The normalized spacial score (nSPS) is 12.6. The number of hydrazone groups is 1. The number of amides is 1. The SMILES string of the molecule is COc1ccc(N([C@@H](C)C(=O)N/N=C\c2c(O)ccc3ccccc23)S(C)(=O)=O)cc1. The van der Waals surface area contributed by atoms with Crippen molar-refractivity contribution in [3.63, 3.8) is 0 Å². The number of methoxy groups -OCH3 is 1. The number of nitrogens with one attached hydrogen (secondary N) is 1. The number of anilines is 1. The van der Waals surface area contributed by atoms with E-state index >= 15 is 0 Å². The fourth-order valence-electron chi connectivity index (χ4n) is 3.21. The lowest BCUT2D eigenvalue weighted by atomic mass is 10.0. The molecular formula is C22H23N3O5S. The second-order valence-electron chi connectivity index (χ2n) is 6.89. The van der Waals surface area contributed by atoms with Crippen LogP contribution in [0.15, 0.2) is 65.8 Å². The highest BCUT2D eigenvalue weighted by Gasteiger charge is 2.29. The van der Waals surface area contributed by atoms with Crippen molar-refractivity contribution in [1.82, 2.24) is 5.43 Å². The number of hydrogen-bond acceptors (Lipinski definition) is 6. The fourth-order valence-corrected chi connectivity index (χ4v) is 4.39. The van der Waals surface area contributed by atoms with Crippen LogP contribution in [0.2, 0.25) is 0 Å². The number of carbonyl (C=O) groups is 1. The van der Waals surface area contributed by atoms with Crippen molar-refractivity contribution < 1.29 is 23.1 Å². The van der Waals surface area contributed by atoms with Crippen LogP contribution in [-0.2, 0) is 14.8 Å². The van der Waals surface area contributed by atoms with Gasteiger partial charge in [0, 0.05) is 5.56 Å². The average Bonchev–Trinajstić information content (AvgIpc) is 2.74. The summed E-state index contributed by atoms with van der Waals surface area (Å²) in [5.41, 5.74) is 3.12. The highest BCUT2D eigenvalue weighted by Crippen LogP contribution is 2.26. The second-order valence-corrected chi connectivity index (χ2v) is 8.75. The van der Waals surface area contributed by atoms with E-state index in [0.717, 1.165) is 21.3 Å². The number of carbonyl (C=O) groups excluding carboxylic acids is 1. The van der Waals surface area contributed by atoms with Crippen molar-refractivity contribution >= 4 is 38.6 Å². The summed E-state index contributed by atoms with van der Waals surface area (Å²) in [7, 11) is -2.25. The summed E-state index contributed by atoms with van der Waals surface area (Å²) >= 11 is 0. The maximum atomic E-state index is 12.6. The lowest BCUT2D eigenvalue weighted by molar-refractivity contribution is -0.121. The Morgan fingerprint density at radius 1 is 1.13 bits per heavy atom. The molecular weight excluding hydrogens is 418 g/mol. The van der Waals surface area contributed by atoms with Gasteiger partial charge in [-0.3, -0.25) is 9.10 Å². The third kappa shape index (κ3) is 4.95. The molecule has 31 heavy (non-hydrogen) atoms. The van der Waals surface area contributed by atoms with E-state index in [9.17, 15) is 18.3 Å². The number of nitrogens with zero attached hydrogens (tertiary/aromatic N) is 2. The summed E-state index contributed by atoms with van der Waals surface area (Å²) in [5, 5.41) is 15.8. The molecule has 1 atom stereocenters. The van der Waals surface area contributed by atoms with Crippen molar-refractivity contribution in [2.75, 3.05) is 17.7 Å². The molecule has 3 aromatic carbocycles. The van der Waals surface area contributed by atoms with Gasteiger partial charge >= 0.3 is 0 Å². The average molecular weight is 442 g/mol. The number of sulfonamides is 1. The number of hydrogen-bond donors (Lipinski definition) is 2. The Bertz CT molecular complexity index is 1220. The highest BCUT2D eigenvalue weighted by molar-refractivity contribution is 7.92. The Balaban J connectivity index is 1.82. The second kappa shape index (κ2) is 9.05. The molecule has 0 bridgehead atoms. The van der Waals surface area contributed by atoms with Crippen LogP contribution in [0.25, 0.3) is 10.8 Å². The summed E-state index contributed by atoms with van der Waals surface area (Å²) in [6, 6.07) is 16.0. The molecule has 9 heteroatoms. The Morgan fingerprint density at radius 3 is 2.45 bits per heavy atom. The minimum Gasteiger partial charge on any atom is -0.507 e. The summed E-state index contributed by atoms with van der Waals surface area (Å²) < 4.78 is 30.8. The first-order chi connectivity index (χ1) is 14.7. The monoisotopic (exact) mass is 441 g/mol. The molecule has 0 saturated carbocycles. The van der Waals surface area contributed by atoms with Gasteiger partial charge < -0.3 is 9.84 Å². The topological polar surface area (TPSA) is 108 Å². The predicted molar refractivity (Wildman–Crippen MR) is 121 cm³/mol. The third-order valence-electron chi connectivity index (χ3n) is 4.73. The Morgan fingerprint density at radius 2 is 1.81 bits per heavy atom. The van der Waals surface area contributed by atoms with Gasteiger partial charge in [0.25, 0.3) is 5.91 Å². The first-order valence-electron chi connectivity index (χ1n) is 9.39. The van der Waals surface area contributed by atoms with Gasteiger partial charge in [-0.25, -0.2) is 13.8 Å². The van der Waals surface area contributed by atoms with Crippen molar-refractivity contribution in [1.29, 1.82) is 0 Å². The van der Waals surface area contributed by atoms with Crippen molar-refractivity contribution in [2.24, 2.45) is 5.10 Å². The minimum atomic E-state index is -3.75. The number of ether oxygens (including phenoxy) is 1. The first-order valence-corrected chi connectivity index (χ1v) is 11.2. The lowest BCUT2D eigenvalue weighted by Gasteiger charge is -2.27. The maximum absolute atomic E-state index is 12.6. The summed E-state index contributed by atoms with van der Waals surface area (Å²) in [5.74, 6) is -0.0493. The number of phenols is 1. The number of fused-ring (bicyclic) bond motifs is 1. The smallest absolute Gasteiger partial charge is 0.263 e. The maximum Gasteiger partial charge on any atom is 0.263 e. The largest absolute Gasteiger partial charge is 0.507 e. The predicted octanol–water partition coefficient (Wildman–Crippen LogP) is 2.86. The quantitative estimate of drug-likeness (QED) is 0.433. The molecule has 0 aliphatic heterocycles. The van der Waals surface area contributed by atoms with Gasteiger partial charge in [0.05, 0.1) is 25.3 Å². The van der Waals surface area contributed by atoms with E-state index < -0.39 is 22.0 Å². The molecule has 0 aliphatic rings. The number of rotatable bonds is 7. The Labute approximate surface area is 180 Å². The molecule has 3 aromatic rings. The van der Waals surface area contributed by atoms with E-state index in [1.165, 1.54) is 20.2 Å². The van der Waals surface area contributed by atoms with Crippen LogP contribution in [-0.4, -0.2) is 45.1 Å². The molecule has 0 radical (unpaired) electrons. The van der Waals surface area contributed by atoms with Crippen molar-refractivity contribution in [3.8, 4) is 11.5 Å². The molecule has 0 fully saturated rings. The molecule has 0 unspecified atom stereocenters. The van der Waals surface area contributed by atoms with Crippen molar-refractivity contribution in [3.05, 3.63) is 66.2 Å². The van der Waals surface area contributed by atoms with E-state index in [0.29, 0.717) is 17.0 Å². The van der Waals surface area contributed by atoms with Crippen LogP contribution in [0.5, 0.6) is 11.5 Å². The van der Waals surface area contributed by atoms with Gasteiger partial charge in [-0.2, -0.15) is 5.10 Å². The first kappa shape index (κ1) is 22.1. The van der Waals surface area contributed by atoms with E-state index in [1.54, 1.807) is 36.4 Å². The lowest BCUT2D eigenvalue weighted by Crippen LogP contribution is -2.46. The van der Waals surface area contributed by atoms with Crippen LogP contribution in [0, 0.1) is 0 Å². The van der Waals surface area contributed by atoms with Gasteiger partial charge in [-0.05, 0) is 48.0 Å². The Hall–Kier alpha value is -3.59. The zero-order chi connectivity index (χ0) is 22.6. The molecule has 0 heterocycles. The van der Waals surface area contributed by atoms with Crippen LogP contribution < -0.4 is 14.5 Å². The van der Waals surface area contributed by atoms with Crippen LogP contribution >= 0.6 is 0 Å². The number of aromatic hydroxyl groups is 1. The molecule has 0 aromatic heterocycles. The van der Waals surface area contributed by atoms with Gasteiger partial charge in [0.2, 0.25) is 10.0 Å². The number of benzene rings is 3. The third-order valence-corrected chi connectivity index (χ3v) is 5.97. The minimum absolute atomic E-state index is 0.0146. The van der Waals surface area contributed by atoms with Gasteiger partial charge in [-0.1, -0.05) is 30.3 Å². The number of phenolic OH excluding ortho intramolecular Hbond substituents is 1. The van der Waals surface area contributed by atoms with Crippen LogP contribution in [0.3, 0.4) is 0 Å². The van der Waals surface area contributed by atoms with Gasteiger partial charge in [0.1, 0.15) is 17.5 Å². The van der Waals surface area contributed by atoms with E-state index in [2.05, 4.69) is 10.5 Å². The standard InChI is InChI=1S/C22H23N3O5S/c1-15(25(31(3,28)29)17-9-11-18(30-2)12-10-17)22(27)24-23-14-20-19-7-5-4-6-16(19)8-13-21(20)26/h4-15,26H,1-3H3,(H,24,27)/b23-14-/t15-/m0/s1. The molecule has 0 aliphatic carbocycles. The highest BCUT2D eigenvalue weighted by atomic mass is 32.2. The van der Waals surface area contributed by atoms with Crippen LogP contribution in [0.1, 0.15) is 12.5 Å². The summed E-state index contributed by atoms with van der Waals surface area (Å²) in [6.07, 6.45) is 2.36. The van der Waals surface area contributed by atoms with E-state index in [4.69, 9.17) is 4.74 Å². The molecule has 162 valence electrons. The zero-order valence-electron chi connectivity index (χ0n) is 17.3. The molecule has 3 rings (SSSR count). The fraction of sp³-hybridized carbons (Fsp3) is 0.182. The van der Waals surface area contributed by atoms with Gasteiger partial charge in [0.15, 0.2) is 0 Å². The zero-order valence-corrected chi connectivity index (χ0v) is 18.1. The molecule has 0 spiro atoms. The van der Waals surface area contributed by atoms with Gasteiger partial charge in [-0.15, -0.1) is 0 Å². The molecule has 2 N–H and O–H groups in total. The molecule has 0 saturated heterocycles. The molecule has 1 amide bonds. The molecule has 8 nitrogen and oxygen atoms in total. The van der Waals surface area contributed by atoms with Crippen molar-refractivity contribution in [2.45, 2.75) is 13.0 Å². The van der Waals surface area contributed by atoms with E-state index in [-0.39, 0.29) is 5.75 Å². The van der Waals surface area contributed by atoms with E-state index in [1.807, 2.05) is 24.3 Å². The summed E-state index contributed by atoms with van der Waals surface area (Å²) in [4.78, 5) is 12.6. The Kier molecular flexibility index (Phi) is 6.45. The summed E-state index contributed by atoms with van der Waals surface area (Å²) in [6.45, 7) is 1.46. The van der Waals surface area contributed by atoms with Crippen LogP contribution in [0.4, 0.5) is 5.69 Å².